The molecule has 0 bridgehead atoms. The van der Waals surface area contributed by atoms with Crippen molar-refractivity contribution in [1.29, 1.82) is 0 Å². The van der Waals surface area contributed by atoms with E-state index in [0.717, 1.165) is 11.4 Å². The number of aryl methyl sites for hydroxylation is 1. The molecular weight excluding hydrogens is 265 g/mol. The lowest BCUT2D eigenvalue weighted by Crippen LogP contribution is -2.13. The highest BCUT2D eigenvalue weighted by Gasteiger charge is 2.01. The summed E-state index contributed by atoms with van der Waals surface area (Å²) in [6, 6.07) is 8.67. The van der Waals surface area contributed by atoms with Crippen molar-refractivity contribution in [2.75, 3.05) is 5.73 Å². The number of nitrogens with two attached hydrogens (primary N) is 1. The van der Waals surface area contributed by atoms with Gasteiger partial charge in [0.05, 0.1) is 5.69 Å². The zero-order valence-electron chi connectivity index (χ0n) is 9.14. The van der Waals surface area contributed by atoms with Gasteiger partial charge in [0.15, 0.2) is 0 Å². The topological polar surface area (TPSA) is 95.3 Å². The Hall–Kier alpha value is -1.43. The molecule has 0 atom stereocenters. The van der Waals surface area contributed by atoms with Crippen molar-refractivity contribution in [2.24, 2.45) is 0 Å². The molecule has 0 amide bonds. The highest BCUT2D eigenvalue weighted by molar-refractivity contribution is 5.85. The number of hydrogen-bond donors (Lipinski definition) is 2. The first-order chi connectivity index (χ1) is 6.66. The van der Waals surface area contributed by atoms with Crippen molar-refractivity contribution >= 4 is 30.5 Å². The minimum Gasteiger partial charge on any atom is -0.412 e. The normalized spacial score (nSPS) is 8.53. The summed E-state index contributed by atoms with van der Waals surface area (Å²) in [5.74, 6) is 0. The summed E-state index contributed by atoms with van der Waals surface area (Å²) in [6.07, 6.45) is 0. The molecule has 1 aromatic carbocycles. The van der Waals surface area contributed by atoms with Crippen LogP contribution in [0, 0.1) is 6.92 Å². The summed E-state index contributed by atoms with van der Waals surface area (Å²) in [7, 11) is 0. The molecule has 0 spiro atoms. The van der Waals surface area contributed by atoms with Crippen molar-refractivity contribution in [3.05, 3.63) is 46.4 Å². The fraction of sp³-hybridized carbons (Fsp3) is 0.100. The van der Waals surface area contributed by atoms with Crippen LogP contribution in [0.15, 0.2) is 35.1 Å². The zero-order chi connectivity index (χ0) is 10.1. The van der Waals surface area contributed by atoms with E-state index in [1.165, 1.54) is 4.68 Å². The third kappa shape index (κ3) is 3.81. The van der Waals surface area contributed by atoms with Crippen LogP contribution in [0.5, 0.6) is 0 Å². The maximum Gasteiger partial charge on any atom is 0.271 e. The maximum atomic E-state index is 11.4. The predicted octanol–water partition coefficient (Wildman–Crippen LogP) is 1.08. The quantitative estimate of drug-likeness (QED) is 0.764. The van der Waals surface area contributed by atoms with Gasteiger partial charge < -0.3 is 11.2 Å². The molecule has 0 aliphatic carbocycles. The van der Waals surface area contributed by atoms with Crippen molar-refractivity contribution in [3.8, 4) is 5.69 Å². The monoisotopic (exact) mass is 279 g/mol. The lowest BCUT2D eigenvalue weighted by molar-refractivity contribution is 0.824. The van der Waals surface area contributed by atoms with Crippen LogP contribution in [0.2, 0.25) is 0 Å². The molecule has 17 heavy (non-hydrogen) atoms. The first kappa shape index (κ1) is 17.9. The van der Waals surface area contributed by atoms with Crippen LogP contribution in [-0.4, -0.2) is 15.3 Å². The number of nitrogens with one attached hydrogen (secondary N) is 1. The van der Waals surface area contributed by atoms with E-state index >= 15 is 0 Å². The van der Waals surface area contributed by atoms with Gasteiger partial charge in [0, 0.05) is 17.4 Å². The Labute approximate surface area is 111 Å². The molecule has 0 saturated heterocycles. The molecule has 2 aromatic rings. The van der Waals surface area contributed by atoms with Gasteiger partial charge >= 0.3 is 0 Å². The van der Waals surface area contributed by atoms with Gasteiger partial charge in [-0.3, -0.25) is 9.89 Å². The minimum absolute atomic E-state index is 0. The van der Waals surface area contributed by atoms with Crippen LogP contribution in [-0.2, 0) is 0 Å². The number of nitrogens with zero attached hydrogens (tertiary/aromatic N) is 1. The number of anilines is 1. The molecule has 96 valence electrons. The Morgan fingerprint density at radius 1 is 1.18 bits per heavy atom. The van der Waals surface area contributed by atoms with Gasteiger partial charge in [-0.05, 0) is 31.2 Å². The molecular formula is C10H15Cl2N3O2. The van der Waals surface area contributed by atoms with Crippen LogP contribution in [0.3, 0.4) is 0 Å². The number of aromatic nitrogens is 2. The summed E-state index contributed by atoms with van der Waals surface area (Å²) < 4.78 is 1.48. The number of rotatable bonds is 1. The molecule has 0 unspecified atom stereocenters. The molecule has 0 radical (unpaired) electrons. The fourth-order valence-corrected chi connectivity index (χ4v) is 1.33. The van der Waals surface area contributed by atoms with E-state index in [1.54, 1.807) is 30.3 Å². The van der Waals surface area contributed by atoms with Gasteiger partial charge in [-0.2, -0.15) is 0 Å². The third-order valence-corrected chi connectivity index (χ3v) is 2.00. The van der Waals surface area contributed by atoms with E-state index in [2.05, 4.69) is 5.10 Å². The first-order valence-electron chi connectivity index (χ1n) is 4.31. The van der Waals surface area contributed by atoms with Crippen molar-refractivity contribution in [1.82, 2.24) is 9.78 Å². The molecule has 7 heteroatoms. The van der Waals surface area contributed by atoms with Crippen LogP contribution >= 0.6 is 24.8 Å². The SMILES string of the molecule is Cc1cc(=O)n(-c2ccc(N)cc2)[nH]1.Cl.Cl.O. The average Bonchev–Trinajstić information content (AvgIpc) is 2.47. The largest absolute Gasteiger partial charge is 0.412 e. The van der Waals surface area contributed by atoms with E-state index in [-0.39, 0.29) is 35.8 Å². The van der Waals surface area contributed by atoms with E-state index in [4.69, 9.17) is 5.73 Å². The summed E-state index contributed by atoms with van der Waals surface area (Å²) >= 11 is 0. The first-order valence-corrected chi connectivity index (χ1v) is 4.31. The number of hydrogen-bond acceptors (Lipinski definition) is 2. The molecule has 0 saturated carbocycles. The Morgan fingerprint density at radius 3 is 2.12 bits per heavy atom. The average molecular weight is 280 g/mol. The number of H-pyrrole nitrogens is 1. The van der Waals surface area contributed by atoms with Gasteiger partial charge in [-0.25, -0.2) is 4.68 Å². The molecule has 0 fully saturated rings. The third-order valence-electron chi connectivity index (χ3n) is 2.00. The lowest BCUT2D eigenvalue weighted by Gasteiger charge is -2.01. The second-order valence-electron chi connectivity index (χ2n) is 3.20. The molecule has 5 N–H and O–H groups in total. The zero-order valence-corrected chi connectivity index (χ0v) is 10.8. The Morgan fingerprint density at radius 2 is 1.71 bits per heavy atom. The molecule has 5 nitrogen and oxygen atoms in total. The number of nitrogen functional groups attached to an aromatic ring is 1. The summed E-state index contributed by atoms with van der Waals surface area (Å²) in [5.41, 5.74) is 7.80. The lowest BCUT2D eigenvalue weighted by atomic mass is 10.3. The van der Waals surface area contributed by atoms with Crippen LogP contribution in [0.4, 0.5) is 5.69 Å². The van der Waals surface area contributed by atoms with Crippen LogP contribution < -0.4 is 11.3 Å². The molecule has 0 aliphatic heterocycles. The highest BCUT2D eigenvalue weighted by Crippen LogP contribution is 2.07. The molecule has 1 aromatic heterocycles. The van der Waals surface area contributed by atoms with E-state index in [0.29, 0.717) is 5.69 Å². The van der Waals surface area contributed by atoms with E-state index in [9.17, 15) is 4.79 Å². The molecule has 1 heterocycles. The van der Waals surface area contributed by atoms with Crippen molar-refractivity contribution in [3.63, 3.8) is 0 Å². The smallest absolute Gasteiger partial charge is 0.271 e. The summed E-state index contributed by atoms with van der Waals surface area (Å²) in [5, 5.41) is 2.94. The van der Waals surface area contributed by atoms with Gasteiger partial charge in [0.25, 0.3) is 5.56 Å². The van der Waals surface area contributed by atoms with E-state index < -0.39 is 0 Å². The second kappa shape index (κ2) is 7.01. The highest BCUT2D eigenvalue weighted by atomic mass is 35.5. The Balaban J connectivity index is 0. The molecule has 0 aliphatic rings. The Bertz CT molecular complexity index is 505. The maximum absolute atomic E-state index is 11.4. The summed E-state index contributed by atoms with van der Waals surface area (Å²) in [6.45, 7) is 1.84. The van der Waals surface area contributed by atoms with Crippen LogP contribution in [0.25, 0.3) is 5.69 Å². The van der Waals surface area contributed by atoms with Crippen molar-refractivity contribution < 1.29 is 5.48 Å². The van der Waals surface area contributed by atoms with Crippen molar-refractivity contribution in [2.45, 2.75) is 6.92 Å². The Kier molecular flexibility index (Phi) is 7.40. The second-order valence-corrected chi connectivity index (χ2v) is 3.20. The standard InChI is InChI=1S/C10H11N3O.2ClH.H2O/c1-7-6-10(14)13(12-7)9-4-2-8(11)3-5-9;;;/h2-6,12H,11H2,1H3;2*1H;1H2. The van der Waals surface area contributed by atoms with Crippen LogP contribution in [0.1, 0.15) is 5.69 Å². The van der Waals surface area contributed by atoms with Gasteiger partial charge in [-0.15, -0.1) is 24.8 Å². The number of benzene rings is 1. The summed E-state index contributed by atoms with van der Waals surface area (Å²) in [4.78, 5) is 11.4. The van der Waals surface area contributed by atoms with E-state index in [1.807, 2.05) is 6.92 Å². The fourth-order valence-electron chi connectivity index (χ4n) is 1.33. The van der Waals surface area contributed by atoms with Gasteiger partial charge in [0.2, 0.25) is 0 Å². The van der Waals surface area contributed by atoms with Gasteiger partial charge in [0.1, 0.15) is 0 Å². The number of aromatic amines is 1. The van der Waals surface area contributed by atoms with Gasteiger partial charge in [-0.1, -0.05) is 0 Å². The minimum atomic E-state index is -0.0627. The molecule has 2 rings (SSSR count). The predicted molar refractivity (Wildman–Crippen MR) is 73.6 cm³/mol. The number of halogens is 2.